The number of rotatable bonds is 6. The van der Waals surface area contributed by atoms with E-state index >= 15 is 0 Å². The molecule has 0 atom stereocenters. The molecule has 0 N–H and O–H groups in total. The van der Waals surface area contributed by atoms with Gasteiger partial charge in [0.25, 0.3) is 0 Å². The van der Waals surface area contributed by atoms with Crippen LogP contribution < -0.4 is 14.2 Å². The minimum Gasteiger partial charge on any atom is -0.493 e. The predicted octanol–water partition coefficient (Wildman–Crippen LogP) is 4.99. The minimum atomic E-state index is -0.303. The number of likely N-dealkylation sites (tertiary alicyclic amines) is 1. The van der Waals surface area contributed by atoms with Crippen LogP contribution in [-0.4, -0.2) is 72.2 Å². The van der Waals surface area contributed by atoms with Gasteiger partial charge in [-0.1, -0.05) is 30.3 Å². The van der Waals surface area contributed by atoms with E-state index in [1.807, 2.05) is 23.2 Å². The smallest absolute Gasteiger partial charge is 0.325 e. The topological polar surface area (TPSA) is 67.4 Å². The van der Waals surface area contributed by atoms with Crippen molar-refractivity contribution < 1.29 is 19.0 Å². The van der Waals surface area contributed by atoms with Crippen molar-refractivity contribution in [3.8, 4) is 17.2 Å². The number of aromatic nitrogens is 1. The molecular weight excluding hydrogens is 492 g/mol. The van der Waals surface area contributed by atoms with Crippen LogP contribution in [0.3, 0.4) is 0 Å². The van der Waals surface area contributed by atoms with Crippen LogP contribution in [0.15, 0.2) is 54.4 Å². The van der Waals surface area contributed by atoms with Gasteiger partial charge in [-0.05, 0) is 49.4 Å². The number of pyridine rings is 1. The van der Waals surface area contributed by atoms with Crippen molar-refractivity contribution in [2.24, 2.45) is 0 Å². The zero-order valence-corrected chi connectivity index (χ0v) is 23.2. The lowest BCUT2D eigenvalue weighted by atomic mass is 9.83. The van der Waals surface area contributed by atoms with Crippen LogP contribution in [0, 0.1) is 0 Å². The Balaban J connectivity index is 1.30. The average molecular weight is 529 g/mol. The van der Waals surface area contributed by atoms with Crippen LogP contribution in [0.5, 0.6) is 17.2 Å². The molecule has 8 nitrogen and oxygen atoms in total. The Hall–Kier alpha value is -3.78. The second kappa shape index (κ2) is 10.1. The first-order valence-corrected chi connectivity index (χ1v) is 13.7. The molecule has 2 saturated heterocycles. The average Bonchev–Trinajstić information content (AvgIpc) is 3.08. The van der Waals surface area contributed by atoms with Gasteiger partial charge < -0.3 is 19.1 Å². The number of likely N-dealkylation sites (N-methyl/N-ethyl adjacent to an activating group) is 1. The molecule has 204 valence electrons. The van der Waals surface area contributed by atoms with Gasteiger partial charge in [0.05, 0.1) is 38.9 Å². The number of amides is 2. The lowest BCUT2D eigenvalue weighted by molar-refractivity contribution is 0.0890. The monoisotopic (exact) mass is 528 g/mol. The molecule has 0 radical (unpaired) electrons. The van der Waals surface area contributed by atoms with Gasteiger partial charge in [0.15, 0.2) is 11.5 Å². The second-order valence-electron chi connectivity index (χ2n) is 10.5. The van der Waals surface area contributed by atoms with Crippen LogP contribution in [0.4, 0.5) is 4.79 Å². The van der Waals surface area contributed by atoms with Crippen molar-refractivity contribution in [3.05, 3.63) is 71.1 Å². The summed E-state index contributed by atoms with van der Waals surface area (Å²) in [7, 11) is 4.91. The van der Waals surface area contributed by atoms with E-state index in [-0.39, 0.29) is 11.6 Å². The lowest BCUT2D eigenvalue weighted by Crippen LogP contribution is -2.53. The first-order valence-electron chi connectivity index (χ1n) is 13.7. The Morgan fingerprint density at radius 1 is 1.00 bits per heavy atom. The van der Waals surface area contributed by atoms with E-state index in [2.05, 4.69) is 52.0 Å². The van der Waals surface area contributed by atoms with Gasteiger partial charge in [-0.25, -0.2) is 4.79 Å². The zero-order chi connectivity index (χ0) is 27.1. The molecule has 0 saturated carbocycles. The maximum absolute atomic E-state index is 13.9. The summed E-state index contributed by atoms with van der Waals surface area (Å²) in [6.45, 7) is 5.94. The van der Waals surface area contributed by atoms with Crippen molar-refractivity contribution in [1.29, 1.82) is 0 Å². The molecule has 6 rings (SSSR count). The van der Waals surface area contributed by atoms with E-state index in [0.29, 0.717) is 36.8 Å². The number of hydrogen-bond acceptors (Lipinski definition) is 6. The minimum absolute atomic E-state index is 0.0806. The van der Waals surface area contributed by atoms with E-state index in [0.717, 1.165) is 54.8 Å². The van der Waals surface area contributed by atoms with E-state index in [1.165, 1.54) is 10.9 Å². The largest absolute Gasteiger partial charge is 0.493 e. The molecule has 1 spiro atoms. The number of allylic oxidation sites excluding steroid dienone is 1. The fourth-order valence-electron chi connectivity index (χ4n) is 6.86. The van der Waals surface area contributed by atoms with Gasteiger partial charge >= 0.3 is 6.03 Å². The molecule has 8 heteroatoms. The summed E-state index contributed by atoms with van der Waals surface area (Å²) in [5.41, 5.74) is 5.21. The Kier molecular flexibility index (Phi) is 6.59. The third kappa shape index (κ3) is 4.00. The first kappa shape index (κ1) is 25.5. The maximum atomic E-state index is 13.9. The van der Waals surface area contributed by atoms with Gasteiger partial charge in [0.1, 0.15) is 0 Å². The number of hydrogen-bond donors (Lipinski definition) is 0. The zero-order valence-electron chi connectivity index (χ0n) is 23.2. The summed E-state index contributed by atoms with van der Waals surface area (Å²) in [5.74, 6) is 1.88. The summed E-state index contributed by atoms with van der Waals surface area (Å²) in [5, 5.41) is 1.17. The Labute approximate surface area is 229 Å². The van der Waals surface area contributed by atoms with E-state index in [4.69, 9.17) is 14.2 Å². The van der Waals surface area contributed by atoms with Crippen molar-refractivity contribution in [3.63, 3.8) is 0 Å². The molecule has 0 aliphatic carbocycles. The summed E-state index contributed by atoms with van der Waals surface area (Å²) in [4.78, 5) is 25.1. The number of fused-ring (bicyclic) bond motifs is 4. The summed E-state index contributed by atoms with van der Waals surface area (Å²) in [6, 6.07) is 12.6. The number of urea groups is 1. The molecule has 3 aromatic rings. The van der Waals surface area contributed by atoms with Crippen molar-refractivity contribution in [1.82, 2.24) is 19.7 Å². The second-order valence-corrected chi connectivity index (χ2v) is 10.5. The number of methoxy groups -OCH3 is 3. The first-order chi connectivity index (χ1) is 19.0. The molecule has 3 aliphatic rings. The number of carbonyl (C=O) groups is 1. The molecule has 4 heterocycles. The molecule has 0 unspecified atom stereocenters. The van der Waals surface area contributed by atoms with Gasteiger partial charge in [0, 0.05) is 49.0 Å². The van der Waals surface area contributed by atoms with Crippen LogP contribution in [-0.2, 0) is 19.5 Å². The fourth-order valence-corrected chi connectivity index (χ4v) is 6.86. The molecule has 2 amide bonds. The number of benzene rings is 2. The van der Waals surface area contributed by atoms with Gasteiger partial charge in [-0.2, -0.15) is 0 Å². The molecule has 2 fully saturated rings. The SMILES string of the molecule is CCN1C(=O)N2Cc3cc(OC)c(OC)c(OC)c3CC=C2C12CCN(Cc1cccc3cccnc13)CC2. The van der Waals surface area contributed by atoms with Crippen LogP contribution >= 0.6 is 0 Å². The quantitative estimate of drug-likeness (QED) is 0.449. The molecule has 0 bridgehead atoms. The molecule has 1 aromatic heterocycles. The van der Waals surface area contributed by atoms with Crippen LogP contribution in [0.1, 0.15) is 36.5 Å². The highest BCUT2D eigenvalue weighted by atomic mass is 16.5. The number of para-hydroxylation sites is 1. The highest BCUT2D eigenvalue weighted by Crippen LogP contribution is 2.49. The Bertz CT molecular complexity index is 1440. The number of carbonyl (C=O) groups excluding carboxylic acids is 1. The summed E-state index contributed by atoms with van der Waals surface area (Å²) in [6.07, 6.45) is 6.58. The van der Waals surface area contributed by atoms with Gasteiger partial charge in [-0.3, -0.25) is 14.8 Å². The third-order valence-electron chi connectivity index (χ3n) is 8.71. The standard InChI is InChI=1S/C31H36N4O4/c1-5-35-30(36)34-20-23-18-25(37-2)29(39-4)28(38-3)24(23)11-12-26(34)31(35)13-16-33(17-14-31)19-22-9-6-8-21-10-7-15-32-27(21)22/h6-10,12,15,18H,5,11,13-14,16-17,19-20H2,1-4H3. The highest BCUT2D eigenvalue weighted by Gasteiger charge is 2.54. The lowest BCUT2D eigenvalue weighted by Gasteiger charge is -2.44. The third-order valence-corrected chi connectivity index (χ3v) is 8.71. The van der Waals surface area contributed by atoms with Crippen LogP contribution in [0.25, 0.3) is 10.9 Å². The highest BCUT2D eigenvalue weighted by molar-refractivity contribution is 5.83. The summed E-state index contributed by atoms with van der Waals surface area (Å²) >= 11 is 0. The van der Waals surface area contributed by atoms with Crippen LogP contribution in [0.2, 0.25) is 0 Å². The van der Waals surface area contributed by atoms with Gasteiger partial charge in [-0.15, -0.1) is 0 Å². The summed E-state index contributed by atoms with van der Waals surface area (Å²) < 4.78 is 17.1. The van der Waals surface area contributed by atoms with E-state index < -0.39 is 0 Å². The van der Waals surface area contributed by atoms with Crippen molar-refractivity contribution >= 4 is 16.9 Å². The molecule has 3 aliphatic heterocycles. The van der Waals surface area contributed by atoms with Crippen molar-refractivity contribution in [2.45, 2.75) is 44.8 Å². The van der Waals surface area contributed by atoms with E-state index in [1.54, 1.807) is 21.3 Å². The van der Waals surface area contributed by atoms with E-state index in [9.17, 15) is 4.79 Å². The number of piperidine rings is 1. The number of ether oxygens (including phenoxy) is 3. The molecule has 39 heavy (non-hydrogen) atoms. The Morgan fingerprint density at radius 3 is 2.49 bits per heavy atom. The molecular formula is C31H36N4O4. The molecule has 2 aromatic carbocycles. The predicted molar refractivity (Wildman–Crippen MR) is 150 cm³/mol. The Morgan fingerprint density at radius 2 is 1.77 bits per heavy atom. The number of nitrogens with zero attached hydrogens (tertiary/aromatic N) is 4. The normalized spacial score (nSPS) is 18.6. The van der Waals surface area contributed by atoms with Crippen molar-refractivity contribution in [2.75, 3.05) is 41.0 Å². The van der Waals surface area contributed by atoms with Gasteiger partial charge in [0.2, 0.25) is 5.75 Å². The fraction of sp³-hybridized carbons (Fsp3) is 0.419. The maximum Gasteiger partial charge on any atom is 0.325 e.